The van der Waals surface area contributed by atoms with Crippen LogP contribution in [0, 0.1) is 12.7 Å². The Morgan fingerprint density at radius 2 is 1.92 bits per heavy atom. The van der Waals surface area contributed by atoms with Crippen LogP contribution in [0.15, 0.2) is 59.5 Å². The summed E-state index contributed by atoms with van der Waals surface area (Å²) in [6.45, 7) is 1.78. The molecule has 0 aliphatic rings. The number of aromatic nitrogens is 2. The molecule has 4 aromatic rings. The van der Waals surface area contributed by atoms with Crippen molar-refractivity contribution in [2.24, 2.45) is 0 Å². The summed E-state index contributed by atoms with van der Waals surface area (Å²) in [5, 5.41) is 3.61. The first-order valence-corrected chi connectivity index (χ1v) is 8.01. The van der Waals surface area contributed by atoms with Gasteiger partial charge in [-0.3, -0.25) is 14.6 Å². The maximum atomic E-state index is 13.6. The highest BCUT2D eigenvalue weighted by atomic mass is 19.1. The van der Waals surface area contributed by atoms with E-state index in [1.807, 2.05) is 0 Å². The third-order valence-electron chi connectivity index (χ3n) is 4.18. The molecule has 2 N–H and O–H groups in total. The summed E-state index contributed by atoms with van der Waals surface area (Å²) >= 11 is 0. The van der Waals surface area contributed by atoms with Crippen molar-refractivity contribution < 1.29 is 9.18 Å². The highest BCUT2D eigenvalue weighted by Crippen LogP contribution is 2.24. The van der Waals surface area contributed by atoms with Gasteiger partial charge in [0, 0.05) is 28.2 Å². The largest absolute Gasteiger partial charge is 0.360 e. The van der Waals surface area contributed by atoms with Gasteiger partial charge in [-0.05, 0) is 43.3 Å². The first-order valence-electron chi connectivity index (χ1n) is 8.01. The number of hydrogen-bond acceptors (Lipinski definition) is 3. The van der Waals surface area contributed by atoms with Crippen molar-refractivity contribution in [3.8, 4) is 0 Å². The molecule has 0 aliphatic carbocycles. The number of halogens is 1. The molecule has 2 aromatic carbocycles. The lowest BCUT2D eigenvalue weighted by molar-refractivity contribution is 0.102. The minimum atomic E-state index is -0.562. The number of rotatable bonds is 2. The quantitative estimate of drug-likeness (QED) is 0.579. The first-order chi connectivity index (χ1) is 12.5. The molecule has 0 atom stereocenters. The van der Waals surface area contributed by atoms with E-state index in [0.29, 0.717) is 33.2 Å². The molecule has 1 amide bonds. The third kappa shape index (κ3) is 2.71. The van der Waals surface area contributed by atoms with Crippen LogP contribution >= 0.6 is 0 Å². The standard InChI is InChI=1S/C20H14FN3O2/c1-11-8-18(14-9-12(21)6-7-17(14)23-11)24-20(26)15-10-22-16-5-3-2-4-13(16)19(15)25/h2-10H,1H3,(H,22,25)(H,23,24,26). The fourth-order valence-corrected chi connectivity index (χ4v) is 2.96. The van der Waals surface area contributed by atoms with Crippen molar-refractivity contribution in [3.05, 3.63) is 82.0 Å². The number of para-hydroxylation sites is 1. The Labute approximate surface area is 147 Å². The predicted octanol–water partition coefficient (Wildman–Crippen LogP) is 3.78. The maximum Gasteiger partial charge on any atom is 0.261 e. The summed E-state index contributed by atoms with van der Waals surface area (Å²) in [6, 6.07) is 12.8. The molecule has 4 rings (SSSR count). The summed E-state index contributed by atoms with van der Waals surface area (Å²) in [5.74, 6) is -0.990. The van der Waals surface area contributed by atoms with Gasteiger partial charge in [0.25, 0.3) is 5.91 Å². The minimum absolute atomic E-state index is 0.0114. The number of carbonyl (C=O) groups is 1. The molecule has 26 heavy (non-hydrogen) atoms. The van der Waals surface area contributed by atoms with Crippen molar-refractivity contribution in [1.82, 2.24) is 9.97 Å². The first kappa shape index (κ1) is 16.0. The Kier molecular flexibility index (Phi) is 3.73. The number of nitrogens with zero attached hydrogens (tertiary/aromatic N) is 1. The fourth-order valence-electron chi connectivity index (χ4n) is 2.96. The summed E-state index contributed by atoms with van der Waals surface area (Å²) < 4.78 is 13.6. The van der Waals surface area contributed by atoms with Crippen LogP contribution < -0.4 is 10.7 Å². The van der Waals surface area contributed by atoms with Crippen molar-refractivity contribution in [1.29, 1.82) is 0 Å². The molecule has 6 heteroatoms. The van der Waals surface area contributed by atoms with E-state index in [1.54, 1.807) is 43.3 Å². The predicted molar refractivity (Wildman–Crippen MR) is 99.0 cm³/mol. The zero-order valence-electron chi connectivity index (χ0n) is 13.8. The number of anilines is 1. The van der Waals surface area contributed by atoms with Crippen LogP contribution in [-0.2, 0) is 0 Å². The smallest absolute Gasteiger partial charge is 0.261 e. The van der Waals surface area contributed by atoms with Crippen LogP contribution in [0.5, 0.6) is 0 Å². The van der Waals surface area contributed by atoms with Gasteiger partial charge in [-0.1, -0.05) is 12.1 Å². The lowest BCUT2D eigenvalue weighted by Crippen LogP contribution is -2.22. The normalized spacial score (nSPS) is 11.0. The minimum Gasteiger partial charge on any atom is -0.360 e. The monoisotopic (exact) mass is 347 g/mol. The summed E-state index contributed by atoms with van der Waals surface area (Å²) in [5.41, 5.74) is 1.92. The van der Waals surface area contributed by atoms with Crippen LogP contribution in [0.1, 0.15) is 16.1 Å². The number of H-pyrrole nitrogens is 1. The van der Waals surface area contributed by atoms with Gasteiger partial charge in [0.2, 0.25) is 5.43 Å². The number of amides is 1. The van der Waals surface area contributed by atoms with E-state index >= 15 is 0 Å². The molecule has 0 saturated heterocycles. The molecule has 5 nitrogen and oxygen atoms in total. The fraction of sp³-hybridized carbons (Fsp3) is 0.0500. The van der Waals surface area contributed by atoms with Crippen molar-refractivity contribution in [2.75, 3.05) is 5.32 Å². The van der Waals surface area contributed by atoms with Gasteiger partial charge in [-0.15, -0.1) is 0 Å². The van der Waals surface area contributed by atoms with Crippen LogP contribution in [-0.4, -0.2) is 15.9 Å². The number of carbonyl (C=O) groups excluding carboxylic acids is 1. The Bertz CT molecular complexity index is 1230. The number of nitrogens with one attached hydrogen (secondary N) is 2. The average molecular weight is 347 g/mol. The lowest BCUT2D eigenvalue weighted by Gasteiger charge is -2.10. The maximum absolute atomic E-state index is 13.6. The number of fused-ring (bicyclic) bond motifs is 2. The zero-order valence-corrected chi connectivity index (χ0v) is 13.8. The molecule has 0 bridgehead atoms. The molecular formula is C20H14FN3O2. The number of hydrogen-bond donors (Lipinski definition) is 2. The van der Waals surface area contributed by atoms with Crippen LogP contribution in [0.3, 0.4) is 0 Å². The second kappa shape index (κ2) is 6.07. The van der Waals surface area contributed by atoms with E-state index in [4.69, 9.17) is 0 Å². The molecule has 2 heterocycles. The highest BCUT2D eigenvalue weighted by molar-refractivity contribution is 6.09. The Balaban J connectivity index is 1.80. The molecule has 0 fully saturated rings. The Morgan fingerprint density at radius 1 is 1.12 bits per heavy atom. The summed E-state index contributed by atoms with van der Waals surface area (Å²) in [6.07, 6.45) is 1.39. The second-order valence-corrected chi connectivity index (χ2v) is 6.00. The summed E-state index contributed by atoms with van der Waals surface area (Å²) in [4.78, 5) is 32.5. The van der Waals surface area contributed by atoms with Crippen molar-refractivity contribution in [2.45, 2.75) is 6.92 Å². The second-order valence-electron chi connectivity index (χ2n) is 6.00. The molecular weight excluding hydrogens is 333 g/mol. The molecule has 0 unspecified atom stereocenters. The summed E-state index contributed by atoms with van der Waals surface area (Å²) in [7, 11) is 0. The third-order valence-corrected chi connectivity index (χ3v) is 4.18. The number of pyridine rings is 2. The van der Waals surface area contributed by atoms with Crippen LogP contribution in [0.2, 0.25) is 0 Å². The van der Waals surface area contributed by atoms with E-state index in [2.05, 4.69) is 15.3 Å². The molecule has 128 valence electrons. The molecule has 0 radical (unpaired) electrons. The van der Waals surface area contributed by atoms with E-state index in [-0.39, 0.29) is 11.0 Å². The zero-order chi connectivity index (χ0) is 18.3. The van der Waals surface area contributed by atoms with Crippen LogP contribution in [0.25, 0.3) is 21.8 Å². The molecule has 0 aliphatic heterocycles. The molecule has 2 aromatic heterocycles. The van der Waals surface area contributed by atoms with Gasteiger partial charge in [-0.25, -0.2) is 4.39 Å². The number of aromatic amines is 1. The van der Waals surface area contributed by atoms with Gasteiger partial charge in [0.05, 0.1) is 11.2 Å². The average Bonchev–Trinajstić information content (AvgIpc) is 2.62. The number of benzene rings is 2. The van der Waals surface area contributed by atoms with E-state index in [0.717, 1.165) is 0 Å². The molecule has 0 saturated carbocycles. The van der Waals surface area contributed by atoms with Gasteiger partial charge < -0.3 is 10.3 Å². The SMILES string of the molecule is Cc1cc(NC(=O)c2c[nH]c3ccccc3c2=O)c2cc(F)ccc2n1. The molecule has 0 spiro atoms. The van der Waals surface area contributed by atoms with Crippen molar-refractivity contribution >= 4 is 33.4 Å². The number of aryl methyl sites for hydroxylation is 1. The van der Waals surface area contributed by atoms with E-state index in [9.17, 15) is 14.0 Å². The highest BCUT2D eigenvalue weighted by Gasteiger charge is 2.15. The van der Waals surface area contributed by atoms with E-state index < -0.39 is 11.7 Å². The Hall–Kier alpha value is -3.54. The van der Waals surface area contributed by atoms with Gasteiger partial charge in [0.15, 0.2) is 0 Å². The Morgan fingerprint density at radius 3 is 2.77 bits per heavy atom. The topological polar surface area (TPSA) is 74.8 Å². The van der Waals surface area contributed by atoms with E-state index in [1.165, 1.54) is 18.3 Å². The van der Waals surface area contributed by atoms with Gasteiger partial charge in [0.1, 0.15) is 11.4 Å². The van der Waals surface area contributed by atoms with Crippen molar-refractivity contribution in [3.63, 3.8) is 0 Å². The van der Waals surface area contributed by atoms with Crippen LogP contribution in [0.4, 0.5) is 10.1 Å². The van der Waals surface area contributed by atoms with Gasteiger partial charge in [-0.2, -0.15) is 0 Å². The van der Waals surface area contributed by atoms with Gasteiger partial charge >= 0.3 is 0 Å². The lowest BCUT2D eigenvalue weighted by atomic mass is 10.1.